The fourth-order valence-corrected chi connectivity index (χ4v) is 4.24. The van der Waals surface area contributed by atoms with E-state index in [0.717, 1.165) is 29.3 Å². The lowest BCUT2D eigenvalue weighted by Gasteiger charge is -2.17. The minimum Gasteiger partial charge on any atom is -0.319 e. The number of rotatable bonds is 6. The van der Waals surface area contributed by atoms with Crippen molar-refractivity contribution >= 4 is 27.3 Å². The lowest BCUT2D eigenvalue weighted by molar-refractivity contribution is 0.102. The molecule has 8 heteroatoms. The van der Waals surface area contributed by atoms with Gasteiger partial charge in [-0.3, -0.25) is 9.52 Å². The van der Waals surface area contributed by atoms with E-state index in [9.17, 15) is 22.0 Å². The second-order valence-corrected chi connectivity index (χ2v) is 9.08. The molecule has 1 amide bonds. The molecule has 0 unspecified atom stereocenters. The van der Waals surface area contributed by atoms with Gasteiger partial charge < -0.3 is 5.32 Å². The first-order valence-electron chi connectivity index (χ1n) is 9.57. The standard InChI is InChI=1S/C23H22F2N2O3S/c1-14(2)19-6-4-5-15(3)22(19)27-31(29,30)18-11-12-21(20(25)13-18)26-23(28)16-7-9-17(24)10-8-16/h4-14,27H,1-3H3,(H,26,28). The number of sulfonamides is 1. The number of anilines is 2. The van der Waals surface area contributed by atoms with Gasteiger partial charge in [0.25, 0.3) is 15.9 Å². The first-order chi connectivity index (χ1) is 14.6. The van der Waals surface area contributed by atoms with Crippen molar-refractivity contribution in [3.05, 3.63) is 89.0 Å². The third-order valence-corrected chi connectivity index (χ3v) is 6.12. The molecular weight excluding hydrogens is 422 g/mol. The Morgan fingerprint density at radius 2 is 1.65 bits per heavy atom. The van der Waals surface area contributed by atoms with Crippen molar-refractivity contribution in [2.24, 2.45) is 0 Å². The van der Waals surface area contributed by atoms with Crippen molar-refractivity contribution in [1.29, 1.82) is 0 Å². The predicted octanol–water partition coefficient (Wildman–Crippen LogP) is 5.45. The number of carbonyl (C=O) groups is 1. The average Bonchev–Trinajstić information content (AvgIpc) is 2.71. The zero-order valence-corrected chi connectivity index (χ0v) is 18.1. The monoisotopic (exact) mass is 444 g/mol. The molecule has 0 aromatic heterocycles. The van der Waals surface area contributed by atoms with Gasteiger partial charge in [-0.25, -0.2) is 17.2 Å². The van der Waals surface area contributed by atoms with Crippen LogP contribution in [0.4, 0.5) is 20.2 Å². The number of hydrogen-bond donors (Lipinski definition) is 2. The highest BCUT2D eigenvalue weighted by molar-refractivity contribution is 7.92. The van der Waals surface area contributed by atoms with Crippen LogP contribution in [0, 0.1) is 18.6 Å². The molecule has 0 saturated heterocycles. The first-order valence-corrected chi connectivity index (χ1v) is 11.1. The lowest BCUT2D eigenvalue weighted by atomic mass is 9.99. The maximum absolute atomic E-state index is 14.6. The Kier molecular flexibility index (Phi) is 6.40. The average molecular weight is 445 g/mol. The number of aryl methyl sites for hydroxylation is 1. The second kappa shape index (κ2) is 8.85. The number of hydrogen-bond acceptors (Lipinski definition) is 3. The SMILES string of the molecule is Cc1cccc(C(C)C)c1NS(=O)(=O)c1ccc(NC(=O)c2ccc(F)cc2)c(F)c1. The van der Waals surface area contributed by atoms with Crippen molar-refractivity contribution in [1.82, 2.24) is 0 Å². The molecule has 0 heterocycles. The Morgan fingerprint density at radius 3 is 2.26 bits per heavy atom. The van der Waals surface area contributed by atoms with Crippen molar-refractivity contribution in [2.45, 2.75) is 31.6 Å². The summed E-state index contributed by atoms with van der Waals surface area (Å²) >= 11 is 0. The molecule has 0 fully saturated rings. The Bertz CT molecular complexity index is 1220. The van der Waals surface area contributed by atoms with Crippen molar-refractivity contribution < 1.29 is 22.0 Å². The van der Waals surface area contributed by atoms with Crippen LogP contribution in [0.1, 0.15) is 41.3 Å². The van der Waals surface area contributed by atoms with E-state index in [-0.39, 0.29) is 22.1 Å². The highest BCUT2D eigenvalue weighted by Crippen LogP contribution is 2.30. The van der Waals surface area contributed by atoms with Crippen LogP contribution in [0.3, 0.4) is 0 Å². The smallest absolute Gasteiger partial charge is 0.262 e. The van der Waals surface area contributed by atoms with E-state index >= 15 is 0 Å². The number of carbonyl (C=O) groups excluding carboxylic acids is 1. The van der Waals surface area contributed by atoms with Gasteiger partial charge in [0, 0.05) is 5.56 Å². The molecule has 0 spiro atoms. The topological polar surface area (TPSA) is 75.3 Å². The maximum atomic E-state index is 14.6. The minimum absolute atomic E-state index is 0.0818. The van der Waals surface area contributed by atoms with Crippen LogP contribution in [0.2, 0.25) is 0 Å². The molecule has 0 aliphatic heterocycles. The van der Waals surface area contributed by atoms with Gasteiger partial charge in [0.1, 0.15) is 11.6 Å². The summed E-state index contributed by atoms with van der Waals surface area (Å²) in [4.78, 5) is 11.9. The van der Waals surface area contributed by atoms with E-state index in [1.807, 2.05) is 26.0 Å². The molecule has 162 valence electrons. The van der Waals surface area contributed by atoms with Gasteiger partial charge in [-0.2, -0.15) is 0 Å². The third-order valence-electron chi connectivity index (χ3n) is 4.77. The van der Waals surface area contributed by atoms with Gasteiger partial charge in [0.2, 0.25) is 0 Å². The molecule has 0 aliphatic rings. The second-order valence-electron chi connectivity index (χ2n) is 7.40. The molecule has 0 saturated carbocycles. The molecular formula is C23H22F2N2O3S. The Hall–Kier alpha value is -3.26. The highest BCUT2D eigenvalue weighted by Gasteiger charge is 2.20. The molecule has 0 bridgehead atoms. The molecule has 0 atom stereocenters. The Labute approximate surface area is 180 Å². The van der Waals surface area contributed by atoms with Crippen molar-refractivity contribution in [3.8, 4) is 0 Å². The third kappa shape index (κ3) is 5.08. The van der Waals surface area contributed by atoms with Gasteiger partial charge in [-0.05, 0) is 66.4 Å². The number of halogens is 2. The molecule has 31 heavy (non-hydrogen) atoms. The summed E-state index contributed by atoms with van der Waals surface area (Å²) in [6.07, 6.45) is 0. The summed E-state index contributed by atoms with van der Waals surface area (Å²) in [5.41, 5.74) is 1.99. The molecule has 3 aromatic rings. The van der Waals surface area contributed by atoms with Gasteiger partial charge in [-0.1, -0.05) is 32.0 Å². The maximum Gasteiger partial charge on any atom is 0.262 e. The highest BCUT2D eigenvalue weighted by atomic mass is 32.2. The van der Waals surface area contributed by atoms with Crippen LogP contribution in [-0.4, -0.2) is 14.3 Å². The van der Waals surface area contributed by atoms with Gasteiger partial charge in [0.15, 0.2) is 0 Å². The largest absolute Gasteiger partial charge is 0.319 e. The molecule has 2 N–H and O–H groups in total. The molecule has 0 radical (unpaired) electrons. The summed E-state index contributed by atoms with van der Waals surface area (Å²) in [6.45, 7) is 5.69. The summed E-state index contributed by atoms with van der Waals surface area (Å²) < 4.78 is 55.9. The lowest BCUT2D eigenvalue weighted by Crippen LogP contribution is -2.17. The van der Waals surface area contributed by atoms with Crippen molar-refractivity contribution in [3.63, 3.8) is 0 Å². The number of para-hydroxylation sites is 1. The molecule has 3 rings (SSSR count). The number of amides is 1. The van der Waals surface area contributed by atoms with Crippen LogP contribution >= 0.6 is 0 Å². The Balaban J connectivity index is 1.85. The van der Waals surface area contributed by atoms with E-state index in [1.54, 1.807) is 13.0 Å². The number of benzene rings is 3. The molecule has 3 aromatic carbocycles. The van der Waals surface area contributed by atoms with E-state index < -0.39 is 27.6 Å². The summed E-state index contributed by atoms with van der Waals surface area (Å²) in [5, 5.41) is 2.36. The minimum atomic E-state index is -4.06. The summed E-state index contributed by atoms with van der Waals surface area (Å²) in [6, 6.07) is 13.5. The van der Waals surface area contributed by atoms with E-state index in [4.69, 9.17) is 0 Å². The summed E-state index contributed by atoms with van der Waals surface area (Å²) in [5.74, 6) is -1.97. The zero-order chi connectivity index (χ0) is 22.8. The number of nitrogens with one attached hydrogen (secondary N) is 2. The molecule has 0 aliphatic carbocycles. The fourth-order valence-electron chi connectivity index (χ4n) is 3.06. The van der Waals surface area contributed by atoms with Crippen molar-refractivity contribution in [2.75, 3.05) is 10.0 Å². The Morgan fingerprint density at radius 1 is 0.968 bits per heavy atom. The quantitative estimate of drug-likeness (QED) is 0.531. The van der Waals surface area contributed by atoms with E-state index in [1.165, 1.54) is 24.3 Å². The normalized spacial score (nSPS) is 11.4. The van der Waals surface area contributed by atoms with Crippen LogP contribution in [0.5, 0.6) is 0 Å². The van der Waals surface area contributed by atoms with Crippen LogP contribution < -0.4 is 10.0 Å². The van der Waals surface area contributed by atoms with Gasteiger partial charge in [-0.15, -0.1) is 0 Å². The van der Waals surface area contributed by atoms with E-state index in [2.05, 4.69) is 10.0 Å². The van der Waals surface area contributed by atoms with Gasteiger partial charge >= 0.3 is 0 Å². The van der Waals surface area contributed by atoms with Crippen LogP contribution in [0.15, 0.2) is 65.6 Å². The van der Waals surface area contributed by atoms with E-state index in [0.29, 0.717) is 5.69 Å². The fraction of sp³-hybridized carbons (Fsp3) is 0.174. The summed E-state index contributed by atoms with van der Waals surface area (Å²) in [7, 11) is -4.06. The predicted molar refractivity (Wildman–Crippen MR) is 117 cm³/mol. The van der Waals surface area contributed by atoms with Crippen LogP contribution in [0.25, 0.3) is 0 Å². The van der Waals surface area contributed by atoms with Crippen LogP contribution in [-0.2, 0) is 10.0 Å². The molecule has 5 nitrogen and oxygen atoms in total. The first kappa shape index (κ1) is 22.4. The zero-order valence-electron chi connectivity index (χ0n) is 17.2. The van der Waals surface area contributed by atoms with Gasteiger partial charge in [0.05, 0.1) is 16.3 Å².